The van der Waals surface area contributed by atoms with E-state index < -0.39 is 9.84 Å². The van der Waals surface area contributed by atoms with Gasteiger partial charge in [-0.1, -0.05) is 13.3 Å². The summed E-state index contributed by atoms with van der Waals surface area (Å²) < 4.78 is 21.9. The molecule has 0 rings (SSSR count). The van der Waals surface area contributed by atoms with E-state index in [1.807, 2.05) is 7.05 Å². The zero-order valence-electron chi connectivity index (χ0n) is 11.8. The van der Waals surface area contributed by atoms with Crippen molar-refractivity contribution in [1.29, 1.82) is 0 Å². The molecule has 0 bridgehead atoms. The van der Waals surface area contributed by atoms with Crippen LogP contribution in [0, 0.1) is 0 Å². The van der Waals surface area contributed by atoms with Gasteiger partial charge in [0, 0.05) is 33.4 Å². The Morgan fingerprint density at radius 2 is 1.94 bits per heavy atom. The second-order valence-electron chi connectivity index (χ2n) is 4.23. The Kier molecular flexibility index (Phi) is 12.2. The number of sulfone groups is 1. The minimum absolute atomic E-state index is 0. The van der Waals surface area contributed by atoms with Gasteiger partial charge in [-0.15, -0.1) is 24.0 Å². The maximum Gasteiger partial charge on any atom is 0.193 e. The Bertz CT molecular complexity index is 331. The molecule has 0 atom stereocenters. The largest absolute Gasteiger partial charge is 0.356 e. The summed E-state index contributed by atoms with van der Waals surface area (Å²) in [7, 11) is 0.868. The number of halogens is 1. The predicted octanol–water partition coefficient (Wildman–Crippen LogP) is 1.35. The highest BCUT2D eigenvalue weighted by atomic mass is 127. The van der Waals surface area contributed by atoms with Gasteiger partial charge in [0.2, 0.25) is 0 Å². The Morgan fingerprint density at radius 3 is 2.39 bits per heavy atom. The highest BCUT2D eigenvalue weighted by Gasteiger charge is 2.05. The number of nitrogens with zero attached hydrogens (tertiary/aromatic N) is 2. The molecule has 0 amide bonds. The number of guanidine groups is 1. The van der Waals surface area contributed by atoms with Crippen molar-refractivity contribution in [2.45, 2.75) is 26.2 Å². The summed E-state index contributed by atoms with van der Waals surface area (Å²) in [5.41, 5.74) is 0. The van der Waals surface area contributed by atoms with Crippen molar-refractivity contribution >= 4 is 39.8 Å². The van der Waals surface area contributed by atoms with Crippen LogP contribution in [0.5, 0.6) is 0 Å². The van der Waals surface area contributed by atoms with Crippen LogP contribution in [-0.4, -0.2) is 58.5 Å². The zero-order valence-corrected chi connectivity index (χ0v) is 14.9. The van der Waals surface area contributed by atoms with E-state index in [1.165, 1.54) is 6.26 Å². The highest BCUT2D eigenvalue weighted by Crippen LogP contribution is 1.93. The number of aliphatic imine (C=N–C) groups is 1. The first-order valence-electron chi connectivity index (χ1n) is 6.00. The first-order chi connectivity index (χ1) is 7.90. The maximum atomic E-state index is 11.0. The Labute approximate surface area is 128 Å². The van der Waals surface area contributed by atoms with E-state index in [4.69, 9.17) is 0 Å². The molecular weight excluding hydrogens is 365 g/mol. The Morgan fingerprint density at radius 1 is 1.33 bits per heavy atom. The lowest BCUT2D eigenvalue weighted by Crippen LogP contribution is -2.40. The summed E-state index contributed by atoms with van der Waals surface area (Å²) in [5, 5.41) is 3.16. The lowest BCUT2D eigenvalue weighted by Gasteiger charge is -2.21. The van der Waals surface area contributed by atoms with Crippen molar-refractivity contribution in [3.63, 3.8) is 0 Å². The van der Waals surface area contributed by atoms with E-state index in [-0.39, 0.29) is 29.7 Å². The summed E-state index contributed by atoms with van der Waals surface area (Å²) in [5.74, 6) is 1.04. The molecule has 0 saturated carbocycles. The summed E-state index contributed by atoms with van der Waals surface area (Å²) in [4.78, 5) is 6.22. The van der Waals surface area contributed by atoms with Crippen LogP contribution in [0.4, 0.5) is 0 Å². The predicted molar refractivity (Wildman–Crippen MR) is 88.6 cm³/mol. The molecule has 0 fully saturated rings. The van der Waals surface area contributed by atoms with Crippen molar-refractivity contribution < 1.29 is 8.42 Å². The lowest BCUT2D eigenvalue weighted by molar-refractivity contribution is 0.465. The minimum atomic E-state index is -2.86. The Hall–Kier alpha value is -0.0500. The molecule has 110 valence electrons. The number of hydrogen-bond donors (Lipinski definition) is 1. The third-order valence-electron chi connectivity index (χ3n) is 2.40. The normalized spacial score (nSPS) is 11.9. The van der Waals surface area contributed by atoms with Crippen LogP contribution >= 0.6 is 24.0 Å². The smallest absolute Gasteiger partial charge is 0.193 e. The van der Waals surface area contributed by atoms with E-state index in [2.05, 4.69) is 22.1 Å². The van der Waals surface area contributed by atoms with Crippen molar-refractivity contribution in [3.8, 4) is 0 Å². The van der Waals surface area contributed by atoms with Gasteiger partial charge in [-0.25, -0.2) is 8.42 Å². The quantitative estimate of drug-likeness (QED) is 0.308. The zero-order chi connectivity index (χ0) is 13.3. The average Bonchev–Trinajstić information content (AvgIpc) is 2.24. The third-order valence-corrected chi connectivity index (χ3v) is 3.43. The molecule has 7 heteroatoms. The summed E-state index contributed by atoms with van der Waals surface area (Å²) >= 11 is 0. The van der Waals surface area contributed by atoms with Crippen LogP contribution in [0.15, 0.2) is 4.99 Å². The fourth-order valence-electron chi connectivity index (χ4n) is 1.42. The summed E-state index contributed by atoms with van der Waals surface area (Å²) in [6.45, 7) is 3.74. The van der Waals surface area contributed by atoms with Gasteiger partial charge < -0.3 is 10.2 Å². The number of hydrogen-bond acceptors (Lipinski definition) is 3. The van der Waals surface area contributed by atoms with Crippen molar-refractivity contribution in [3.05, 3.63) is 0 Å². The minimum Gasteiger partial charge on any atom is -0.356 e. The van der Waals surface area contributed by atoms with Crippen LogP contribution < -0.4 is 5.32 Å². The lowest BCUT2D eigenvalue weighted by atomic mass is 10.3. The number of rotatable bonds is 7. The van der Waals surface area contributed by atoms with Crippen molar-refractivity contribution in [2.75, 3.05) is 39.2 Å². The average molecular weight is 391 g/mol. The van der Waals surface area contributed by atoms with Gasteiger partial charge in [-0.3, -0.25) is 4.99 Å². The number of nitrogens with one attached hydrogen (secondary N) is 1. The molecule has 0 spiro atoms. The van der Waals surface area contributed by atoms with Gasteiger partial charge in [0.05, 0.1) is 5.75 Å². The summed E-state index contributed by atoms with van der Waals surface area (Å²) in [6, 6.07) is 0. The molecule has 0 saturated heterocycles. The van der Waals surface area contributed by atoms with Crippen LogP contribution in [0.1, 0.15) is 26.2 Å². The van der Waals surface area contributed by atoms with Gasteiger partial charge in [0.15, 0.2) is 5.96 Å². The van der Waals surface area contributed by atoms with Crippen LogP contribution in [0.2, 0.25) is 0 Å². The molecule has 0 aliphatic carbocycles. The van der Waals surface area contributed by atoms with E-state index in [0.717, 1.165) is 25.3 Å². The Balaban J connectivity index is 0. The molecule has 0 aliphatic rings. The van der Waals surface area contributed by atoms with Gasteiger partial charge in [-0.2, -0.15) is 0 Å². The fourth-order valence-corrected chi connectivity index (χ4v) is 2.09. The van der Waals surface area contributed by atoms with Gasteiger partial charge in [-0.05, 0) is 12.8 Å². The second-order valence-corrected chi connectivity index (χ2v) is 6.49. The van der Waals surface area contributed by atoms with Crippen molar-refractivity contribution in [1.82, 2.24) is 10.2 Å². The van der Waals surface area contributed by atoms with E-state index in [1.54, 1.807) is 7.05 Å². The number of unbranched alkanes of at least 4 members (excludes halogenated alkanes) is 1. The molecule has 0 radical (unpaired) electrons. The molecule has 0 aromatic heterocycles. The van der Waals surface area contributed by atoms with Gasteiger partial charge in [0.1, 0.15) is 9.84 Å². The van der Waals surface area contributed by atoms with E-state index >= 15 is 0 Å². The first kappa shape index (κ1) is 20.3. The molecule has 18 heavy (non-hydrogen) atoms. The molecule has 1 N–H and O–H groups in total. The molecule has 5 nitrogen and oxygen atoms in total. The standard InChI is InChI=1S/C11H25N3O2S.HI/c1-5-6-9-14(3)11(12-2)13-8-7-10-17(4,15)16;/h5-10H2,1-4H3,(H,12,13);1H. The molecule has 0 heterocycles. The second kappa shape index (κ2) is 10.8. The third kappa shape index (κ3) is 11.1. The SMILES string of the molecule is CCCCN(C)C(=NC)NCCCS(C)(=O)=O.I. The van der Waals surface area contributed by atoms with Gasteiger partial charge in [0.25, 0.3) is 0 Å². The van der Waals surface area contributed by atoms with Crippen molar-refractivity contribution in [2.24, 2.45) is 4.99 Å². The van der Waals surface area contributed by atoms with Crippen LogP contribution in [-0.2, 0) is 9.84 Å². The molecule has 0 aliphatic heterocycles. The van der Waals surface area contributed by atoms with Gasteiger partial charge >= 0.3 is 0 Å². The topological polar surface area (TPSA) is 61.8 Å². The van der Waals surface area contributed by atoms with E-state index in [0.29, 0.717) is 13.0 Å². The molecule has 0 aromatic carbocycles. The van der Waals surface area contributed by atoms with E-state index in [9.17, 15) is 8.42 Å². The molecular formula is C11H26IN3O2S. The first-order valence-corrected chi connectivity index (χ1v) is 8.06. The highest BCUT2D eigenvalue weighted by molar-refractivity contribution is 14.0. The fraction of sp³-hybridized carbons (Fsp3) is 0.909. The van der Waals surface area contributed by atoms with Crippen LogP contribution in [0.25, 0.3) is 0 Å². The summed E-state index contributed by atoms with van der Waals surface area (Å²) in [6.07, 6.45) is 4.14. The molecule has 0 aromatic rings. The molecule has 0 unspecified atom stereocenters. The van der Waals surface area contributed by atoms with Crippen LogP contribution in [0.3, 0.4) is 0 Å². The maximum absolute atomic E-state index is 11.0. The monoisotopic (exact) mass is 391 g/mol.